The molecule has 6 heteroatoms. The van der Waals surface area contributed by atoms with Gasteiger partial charge in [0.05, 0.1) is 17.9 Å². The van der Waals surface area contributed by atoms with Gasteiger partial charge in [-0.3, -0.25) is 4.79 Å². The van der Waals surface area contributed by atoms with Crippen molar-refractivity contribution in [3.63, 3.8) is 0 Å². The van der Waals surface area contributed by atoms with Crippen molar-refractivity contribution in [2.24, 2.45) is 0 Å². The lowest BCUT2D eigenvalue weighted by atomic mass is 10.1. The predicted molar refractivity (Wildman–Crippen MR) is 68.1 cm³/mol. The smallest absolute Gasteiger partial charge is 0.251 e. The molecular formula is C12H14N4O2. The molecule has 0 saturated carbocycles. The summed E-state index contributed by atoms with van der Waals surface area (Å²) >= 11 is 0. The number of carbonyl (C=O) groups excluding carboxylic acids is 1. The van der Waals surface area contributed by atoms with E-state index < -0.39 is 0 Å². The third kappa shape index (κ3) is 2.60. The first-order chi connectivity index (χ1) is 8.70. The Kier molecular flexibility index (Phi) is 3.47. The van der Waals surface area contributed by atoms with Gasteiger partial charge in [0.2, 0.25) is 0 Å². The highest BCUT2D eigenvalue weighted by Gasteiger charge is 2.06. The summed E-state index contributed by atoms with van der Waals surface area (Å²) in [4.78, 5) is 11.4. The molecule has 1 aromatic heterocycles. The molecule has 0 unspecified atom stereocenters. The van der Waals surface area contributed by atoms with E-state index in [-0.39, 0.29) is 5.91 Å². The first-order valence-corrected chi connectivity index (χ1v) is 5.45. The monoisotopic (exact) mass is 246 g/mol. The minimum atomic E-state index is -0.162. The van der Waals surface area contributed by atoms with Crippen LogP contribution in [0.2, 0.25) is 0 Å². The third-order valence-electron chi connectivity index (χ3n) is 2.49. The summed E-state index contributed by atoms with van der Waals surface area (Å²) in [6.07, 6.45) is 1.51. The summed E-state index contributed by atoms with van der Waals surface area (Å²) in [6, 6.07) is 6.87. The van der Waals surface area contributed by atoms with Crippen molar-refractivity contribution in [2.45, 2.75) is 6.54 Å². The van der Waals surface area contributed by atoms with Gasteiger partial charge in [0.15, 0.2) is 0 Å². The first-order valence-electron chi connectivity index (χ1n) is 5.45. The highest BCUT2D eigenvalue weighted by Crippen LogP contribution is 2.20. The summed E-state index contributed by atoms with van der Waals surface area (Å²) < 4.78 is 4.72. The molecule has 1 aromatic carbocycles. The molecule has 0 radical (unpaired) electrons. The summed E-state index contributed by atoms with van der Waals surface area (Å²) in [5.74, 6) is -0.162. The van der Waals surface area contributed by atoms with Gasteiger partial charge in [-0.05, 0) is 18.2 Å². The molecule has 4 N–H and O–H groups in total. The van der Waals surface area contributed by atoms with Crippen LogP contribution in [0.1, 0.15) is 16.1 Å². The average Bonchev–Trinajstić information content (AvgIpc) is 2.89. The zero-order valence-corrected chi connectivity index (χ0v) is 9.93. The number of nitrogens with two attached hydrogens (primary N) is 1. The fraction of sp³-hybridized carbons (Fsp3) is 0.167. The number of aromatic nitrogens is 1. The molecule has 0 aliphatic rings. The second-order valence-corrected chi connectivity index (χ2v) is 3.73. The molecule has 0 aliphatic carbocycles. The lowest BCUT2D eigenvalue weighted by Gasteiger charge is -2.09. The fourth-order valence-corrected chi connectivity index (χ4v) is 1.52. The molecule has 1 amide bonds. The Morgan fingerprint density at radius 1 is 1.44 bits per heavy atom. The average molecular weight is 246 g/mol. The van der Waals surface area contributed by atoms with E-state index in [0.717, 1.165) is 11.4 Å². The number of hydrogen-bond acceptors (Lipinski definition) is 5. The molecular weight excluding hydrogens is 232 g/mol. The summed E-state index contributed by atoms with van der Waals surface area (Å²) in [6.45, 7) is 0.514. The van der Waals surface area contributed by atoms with Crippen LogP contribution in [0.5, 0.6) is 0 Å². The highest BCUT2D eigenvalue weighted by atomic mass is 16.5. The molecule has 2 rings (SSSR count). The number of nitrogens with zero attached hydrogens (tertiary/aromatic N) is 1. The van der Waals surface area contributed by atoms with Crippen molar-refractivity contribution in [3.8, 4) is 0 Å². The molecule has 2 aromatic rings. The van der Waals surface area contributed by atoms with Gasteiger partial charge >= 0.3 is 0 Å². The Hall–Kier alpha value is -2.50. The molecule has 0 bridgehead atoms. The quantitative estimate of drug-likeness (QED) is 0.705. The van der Waals surface area contributed by atoms with Crippen molar-refractivity contribution in [1.29, 1.82) is 0 Å². The van der Waals surface area contributed by atoms with E-state index in [1.807, 2.05) is 0 Å². The lowest BCUT2D eigenvalue weighted by Crippen LogP contribution is -2.18. The van der Waals surface area contributed by atoms with E-state index in [2.05, 4.69) is 15.8 Å². The maximum atomic E-state index is 11.4. The normalized spacial score (nSPS) is 10.1. The molecule has 1 heterocycles. The largest absolute Gasteiger partial charge is 0.397 e. The van der Waals surface area contributed by atoms with Gasteiger partial charge in [-0.15, -0.1) is 0 Å². The summed E-state index contributed by atoms with van der Waals surface area (Å²) in [7, 11) is 1.58. The number of rotatable bonds is 4. The van der Waals surface area contributed by atoms with Crippen molar-refractivity contribution in [3.05, 3.63) is 41.8 Å². The van der Waals surface area contributed by atoms with E-state index in [1.165, 1.54) is 6.26 Å². The van der Waals surface area contributed by atoms with E-state index in [0.29, 0.717) is 17.8 Å². The maximum absolute atomic E-state index is 11.4. The van der Waals surface area contributed by atoms with Crippen molar-refractivity contribution < 1.29 is 9.32 Å². The molecule has 0 atom stereocenters. The molecule has 18 heavy (non-hydrogen) atoms. The van der Waals surface area contributed by atoms with Crippen LogP contribution >= 0.6 is 0 Å². The number of anilines is 2. The van der Waals surface area contributed by atoms with Gasteiger partial charge in [0, 0.05) is 18.7 Å². The van der Waals surface area contributed by atoms with Gasteiger partial charge in [0.1, 0.15) is 12.0 Å². The van der Waals surface area contributed by atoms with Gasteiger partial charge in [-0.2, -0.15) is 0 Å². The lowest BCUT2D eigenvalue weighted by molar-refractivity contribution is 0.0963. The molecule has 6 nitrogen and oxygen atoms in total. The third-order valence-corrected chi connectivity index (χ3v) is 2.49. The SMILES string of the molecule is CNC(=O)c1ccc(NCc2ccon2)c(N)c1. The van der Waals surface area contributed by atoms with Gasteiger partial charge < -0.3 is 20.9 Å². The molecule has 0 aliphatic heterocycles. The molecule has 94 valence electrons. The van der Waals surface area contributed by atoms with Crippen LogP contribution < -0.4 is 16.4 Å². The van der Waals surface area contributed by atoms with Gasteiger partial charge in [0.25, 0.3) is 5.91 Å². The van der Waals surface area contributed by atoms with Crippen LogP contribution in [0, 0.1) is 0 Å². The van der Waals surface area contributed by atoms with Crippen LogP contribution in [-0.2, 0) is 6.54 Å². The molecule has 0 saturated heterocycles. The fourth-order valence-electron chi connectivity index (χ4n) is 1.52. The van der Waals surface area contributed by atoms with Crippen molar-refractivity contribution in [2.75, 3.05) is 18.1 Å². The number of nitrogens with one attached hydrogen (secondary N) is 2. The van der Waals surface area contributed by atoms with Crippen LogP contribution in [0.25, 0.3) is 0 Å². The zero-order valence-electron chi connectivity index (χ0n) is 9.93. The number of amides is 1. The van der Waals surface area contributed by atoms with E-state index >= 15 is 0 Å². The predicted octanol–water partition coefficient (Wildman–Crippen LogP) is 1.23. The second-order valence-electron chi connectivity index (χ2n) is 3.73. The van der Waals surface area contributed by atoms with Crippen molar-refractivity contribution in [1.82, 2.24) is 10.5 Å². The van der Waals surface area contributed by atoms with E-state index in [9.17, 15) is 4.79 Å². The van der Waals surface area contributed by atoms with Gasteiger partial charge in [-0.1, -0.05) is 5.16 Å². The Bertz CT molecular complexity index is 537. The molecule has 0 spiro atoms. The Balaban J connectivity index is 2.08. The van der Waals surface area contributed by atoms with Crippen LogP contribution in [0.3, 0.4) is 0 Å². The Morgan fingerprint density at radius 2 is 2.28 bits per heavy atom. The minimum absolute atomic E-state index is 0.162. The van der Waals surface area contributed by atoms with E-state index in [4.69, 9.17) is 10.3 Å². The van der Waals surface area contributed by atoms with Crippen LogP contribution in [0.15, 0.2) is 35.1 Å². The van der Waals surface area contributed by atoms with E-state index in [1.54, 1.807) is 31.3 Å². The topological polar surface area (TPSA) is 93.2 Å². The number of carbonyl (C=O) groups is 1. The number of benzene rings is 1. The Labute approximate surface area is 104 Å². The Morgan fingerprint density at radius 3 is 2.89 bits per heavy atom. The van der Waals surface area contributed by atoms with Crippen LogP contribution in [0.4, 0.5) is 11.4 Å². The summed E-state index contributed by atoms with van der Waals surface area (Å²) in [5, 5.41) is 9.44. The van der Waals surface area contributed by atoms with Crippen LogP contribution in [-0.4, -0.2) is 18.1 Å². The standard InChI is InChI=1S/C12H14N4O2/c1-14-12(17)8-2-3-11(10(13)6-8)15-7-9-4-5-18-16-9/h2-6,15H,7,13H2,1H3,(H,14,17). The minimum Gasteiger partial charge on any atom is -0.397 e. The summed E-state index contributed by atoms with van der Waals surface area (Å²) in [5.41, 5.74) is 8.45. The maximum Gasteiger partial charge on any atom is 0.251 e. The number of hydrogen-bond donors (Lipinski definition) is 3. The number of nitrogen functional groups attached to an aromatic ring is 1. The first kappa shape index (κ1) is 12.0. The van der Waals surface area contributed by atoms with Gasteiger partial charge in [-0.25, -0.2) is 0 Å². The highest BCUT2D eigenvalue weighted by molar-refractivity contribution is 5.95. The molecule has 0 fully saturated rings. The second kappa shape index (κ2) is 5.22. The van der Waals surface area contributed by atoms with Crippen molar-refractivity contribution >= 4 is 17.3 Å². The zero-order chi connectivity index (χ0) is 13.0.